The van der Waals surface area contributed by atoms with Gasteiger partial charge in [0.25, 0.3) is 11.8 Å². The molecule has 4 rings (SSSR count). The Hall–Kier alpha value is -3.32. The van der Waals surface area contributed by atoms with Gasteiger partial charge < -0.3 is 4.90 Å². The number of amides is 2. The monoisotopic (exact) mass is 637 g/mol. The van der Waals surface area contributed by atoms with E-state index in [4.69, 9.17) is 4.98 Å². The fraction of sp³-hybridized carbons (Fsp3) is 0.364. The zero-order chi connectivity index (χ0) is 31.7. The predicted molar refractivity (Wildman–Crippen MR) is 183 cm³/mol. The number of piperazine rings is 1. The van der Waals surface area contributed by atoms with Crippen molar-refractivity contribution < 1.29 is 18.7 Å². The second kappa shape index (κ2) is 15.6. The highest BCUT2D eigenvalue weighted by Crippen LogP contribution is 2.54. The molecule has 2 aromatic carbocycles. The van der Waals surface area contributed by atoms with E-state index in [9.17, 15) is 18.7 Å². The van der Waals surface area contributed by atoms with Crippen LogP contribution in [-0.4, -0.2) is 82.0 Å². The summed E-state index contributed by atoms with van der Waals surface area (Å²) in [7, 11) is -1.62. The minimum absolute atomic E-state index is 0.221. The van der Waals surface area contributed by atoms with E-state index in [0.717, 1.165) is 74.4 Å². The van der Waals surface area contributed by atoms with Crippen LogP contribution in [0.5, 0.6) is 0 Å². The van der Waals surface area contributed by atoms with E-state index in [-0.39, 0.29) is 10.8 Å². The molecule has 0 saturated carbocycles. The van der Waals surface area contributed by atoms with Crippen LogP contribution in [0.1, 0.15) is 31.7 Å². The van der Waals surface area contributed by atoms with Crippen LogP contribution in [0.15, 0.2) is 84.1 Å². The molecule has 0 aliphatic carbocycles. The van der Waals surface area contributed by atoms with E-state index in [1.165, 1.54) is 17.4 Å². The Kier molecular flexibility index (Phi) is 11.9. The summed E-state index contributed by atoms with van der Waals surface area (Å²) < 4.78 is 23.9. The van der Waals surface area contributed by atoms with Gasteiger partial charge in [0.1, 0.15) is 0 Å². The Morgan fingerprint density at radius 3 is 2.39 bits per heavy atom. The number of hydrogen-bond acceptors (Lipinski definition) is 8. The van der Waals surface area contributed by atoms with Crippen LogP contribution in [-0.2, 0) is 16.0 Å². The molecule has 1 saturated heterocycles. The maximum absolute atomic E-state index is 13.1. The van der Waals surface area contributed by atoms with Crippen molar-refractivity contribution in [3.63, 3.8) is 0 Å². The van der Waals surface area contributed by atoms with Crippen molar-refractivity contribution in [2.45, 2.75) is 37.5 Å². The number of carbonyl (C=O) groups excluding carboxylic acids is 2. The first kappa shape index (κ1) is 33.6. The van der Waals surface area contributed by atoms with E-state index >= 15 is 0 Å². The summed E-state index contributed by atoms with van der Waals surface area (Å²) in [4.78, 5) is 37.2. The summed E-state index contributed by atoms with van der Waals surface area (Å²) >= 11 is 1.35. The Morgan fingerprint density at radius 2 is 1.73 bits per heavy atom. The van der Waals surface area contributed by atoms with Gasteiger partial charge >= 0.3 is 0 Å². The standard InChI is InChI=1S/C33H43N5O4S2/c1-5-8-9-11-26-14-16-29(17-15-26)44(41,42)38(32(40)7-3)28-13-10-12-27(24-28)30-25-43-33(34-30)37(31(39)6-2)23-22-36-20-18-35(4)19-21-36/h6-7,10,12-17,24-25,41-42H,2-3,5,8-9,11,18-23H2,1,4H3. The van der Waals surface area contributed by atoms with Crippen molar-refractivity contribution in [1.82, 2.24) is 14.8 Å². The lowest BCUT2D eigenvalue weighted by Gasteiger charge is -2.42. The third kappa shape index (κ3) is 8.23. The average Bonchev–Trinajstić information content (AvgIpc) is 3.52. The highest BCUT2D eigenvalue weighted by Gasteiger charge is 2.31. The van der Waals surface area contributed by atoms with E-state index in [2.05, 4.69) is 36.9 Å². The van der Waals surface area contributed by atoms with Crippen LogP contribution >= 0.6 is 22.1 Å². The molecular weight excluding hydrogens is 595 g/mol. The van der Waals surface area contributed by atoms with Crippen molar-refractivity contribution in [3.8, 4) is 11.3 Å². The molecule has 0 unspecified atom stereocenters. The van der Waals surface area contributed by atoms with Gasteiger partial charge in [-0.2, -0.15) is 4.31 Å². The van der Waals surface area contributed by atoms with Gasteiger partial charge in [-0.1, -0.05) is 68.0 Å². The first-order valence-electron chi connectivity index (χ1n) is 14.9. The molecule has 1 aliphatic rings. The number of aromatic nitrogens is 1. The molecule has 0 bridgehead atoms. The van der Waals surface area contributed by atoms with E-state index in [1.807, 2.05) is 23.6 Å². The van der Waals surface area contributed by atoms with Crippen LogP contribution < -0.4 is 9.21 Å². The number of rotatable bonds is 14. The van der Waals surface area contributed by atoms with Crippen LogP contribution in [0.3, 0.4) is 0 Å². The number of unbranched alkanes of at least 4 members (excludes halogenated alkanes) is 2. The topological polar surface area (TPSA) is 100 Å². The minimum atomic E-state index is -3.73. The molecule has 44 heavy (non-hydrogen) atoms. The van der Waals surface area contributed by atoms with Gasteiger partial charge in [0.15, 0.2) is 5.13 Å². The number of aryl methyl sites for hydroxylation is 1. The minimum Gasteiger partial charge on any atom is -0.304 e. The van der Waals surface area contributed by atoms with Gasteiger partial charge in [0.2, 0.25) is 0 Å². The molecule has 2 heterocycles. The third-order valence-electron chi connectivity index (χ3n) is 7.71. The molecule has 2 N–H and O–H groups in total. The van der Waals surface area contributed by atoms with Gasteiger partial charge in [-0.15, -0.1) is 11.3 Å². The molecule has 11 heteroatoms. The number of nitrogens with zero attached hydrogens (tertiary/aromatic N) is 5. The first-order chi connectivity index (χ1) is 21.2. The number of benzene rings is 2. The lowest BCUT2D eigenvalue weighted by molar-refractivity contribution is -0.114. The summed E-state index contributed by atoms with van der Waals surface area (Å²) in [5, 5.41) is 2.40. The Bertz CT molecular complexity index is 1430. The lowest BCUT2D eigenvalue weighted by atomic mass is 10.1. The number of carbonyl (C=O) groups is 2. The van der Waals surface area contributed by atoms with Gasteiger partial charge in [-0.25, -0.2) is 4.98 Å². The summed E-state index contributed by atoms with van der Waals surface area (Å²) in [6.07, 6.45) is 6.60. The first-order valence-corrected chi connectivity index (χ1v) is 17.3. The molecule has 0 spiro atoms. The van der Waals surface area contributed by atoms with Crippen LogP contribution in [0.2, 0.25) is 0 Å². The van der Waals surface area contributed by atoms with Gasteiger partial charge in [0, 0.05) is 50.2 Å². The number of likely N-dealkylation sites (N-methyl/N-ethyl adjacent to an activating group) is 1. The van der Waals surface area contributed by atoms with Crippen molar-refractivity contribution in [2.75, 3.05) is 55.5 Å². The van der Waals surface area contributed by atoms with Gasteiger partial charge in [0.05, 0.1) is 16.3 Å². The SMILES string of the molecule is C=CC(=O)N(CCN1CCN(C)CC1)c1nc(-c2cccc(N(C(=O)C=C)S(O)(O)c3ccc(CCCCC)cc3)c2)cs1. The summed E-state index contributed by atoms with van der Waals surface area (Å²) in [5.74, 6) is -0.860. The smallest absolute Gasteiger partial charge is 0.269 e. The Balaban J connectivity index is 1.57. The fourth-order valence-corrected chi connectivity index (χ4v) is 7.35. The largest absolute Gasteiger partial charge is 0.304 e. The van der Waals surface area contributed by atoms with E-state index < -0.39 is 16.7 Å². The van der Waals surface area contributed by atoms with Crippen molar-refractivity contribution in [2.24, 2.45) is 0 Å². The highest BCUT2D eigenvalue weighted by atomic mass is 32.3. The van der Waals surface area contributed by atoms with Crippen LogP contribution in [0.4, 0.5) is 10.8 Å². The molecule has 1 fully saturated rings. The zero-order valence-corrected chi connectivity index (χ0v) is 27.2. The summed E-state index contributed by atoms with van der Waals surface area (Å²) in [5.41, 5.74) is 2.67. The molecule has 0 atom stereocenters. The van der Waals surface area contributed by atoms with Gasteiger partial charge in [-0.05, 0) is 61.9 Å². The second-order valence-corrected chi connectivity index (χ2v) is 13.6. The average molecular weight is 638 g/mol. The molecule has 1 aliphatic heterocycles. The number of hydrogen-bond donors (Lipinski definition) is 2. The van der Waals surface area contributed by atoms with Crippen molar-refractivity contribution in [3.05, 3.63) is 84.8 Å². The zero-order valence-electron chi connectivity index (χ0n) is 25.6. The highest BCUT2D eigenvalue weighted by molar-refractivity contribution is 8.26. The Labute approximate surface area is 266 Å². The molecule has 2 amide bonds. The summed E-state index contributed by atoms with van der Waals surface area (Å²) in [6.45, 7) is 14.5. The second-order valence-electron chi connectivity index (χ2n) is 10.9. The quantitative estimate of drug-likeness (QED) is 0.153. The predicted octanol–water partition coefficient (Wildman–Crippen LogP) is 6.55. The number of anilines is 2. The third-order valence-corrected chi connectivity index (χ3v) is 10.4. The van der Waals surface area contributed by atoms with E-state index in [0.29, 0.717) is 28.6 Å². The summed E-state index contributed by atoms with van der Waals surface area (Å²) in [6, 6.07) is 14.0. The molecule has 236 valence electrons. The normalized spacial score (nSPS) is 14.6. The maximum Gasteiger partial charge on any atom is 0.269 e. The molecule has 1 aromatic heterocycles. The molecule has 9 nitrogen and oxygen atoms in total. The van der Waals surface area contributed by atoms with Crippen LogP contribution in [0.25, 0.3) is 11.3 Å². The molecule has 3 aromatic rings. The van der Waals surface area contributed by atoms with Crippen molar-refractivity contribution >= 4 is 44.7 Å². The Morgan fingerprint density at radius 1 is 1.02 bits per heavy atom. The number of thiazole rings is 1. The van der Waals surface area contributed by atoms with Crippen LogP contribution in [0, 0.1) is 0 Å². The molecular formula is C33H43N5O4S2. The fourth-order valence-electron chi connectivity index (χ4n) is 5.04. The van der Waals surface area contributed by atoms with Crippen molar-refractivity contribution in [1.29, 1.82) is 0 Å². The molecule has 0 radical (unpaired) electrons. The van der Waals surface area contributed by atoms with Gasteiger partial charge in [-0.3, -0.25) is 28.5 Å². The van der Waals surface area contributed by atoms with E-state index in [1.54, 1.807) is 35.2 Å². The maximum atomic E-state index is 13.1. The lowest BCUT2D eigenvalue weighted by Crippen LogP contribution is -2.47.